The third kappa shape index (κ3) is 3.86. The molecule has 6 nitrogen and oxygen atoms in total. The van der Waals surface area contributed by atoms with Gasteiger partial charge in [-0.15, -0.1) is 0 Å². The molecule has 1 saturated heterocycles. The van der Waals surface area contributed by atoms with Gasteiger partial charge in [-0.1, -0.05) is 0 Å². The standard InChI is InChI=1S/C20H21N5O/c26-19-11-18(16-3-1-7-22-12-16)23-20(24-19)17-4-2-10-25(14-17)13-15-5-8-21-9-6-15/h1,3,5-9,11-12,17H,2,4,10,13-14H2,(H,23,24,26)/t17-/m1/s1. The number of H-pyrrole nitrogens is 1. The lowest BCUT2D eigenvalue weighted by Crippen LogP contribution is -2.35. The molecule has 6 heteroatoms. The zero-order valence-electron chi connectivity index (χ0n) is 14.5. The van der Waals surface area contributed by atoms with Gasteiger partial charge in [-0.25, -0.2) is 4.98 Å². The van der Waals surface area contributed by atoms with E-state index < -0.39 is 0 Å². The summed E-state index contributed by atoms with van der Waals surface area (Å²) in [4.78, 5) is 30.5. The van der Waals surface area contributed by atoms with Crippen molar-refractivity contribution in [2.75, 3.05) is 13.1 Å². The highest BCUT2D eigenvalue weighted by Crippen LogP contribution is 2.26. The lowest BCUT2D eigenvalue weighted by atomic mass is 9.96. The summed E-state index contributed by atoms with van der Waals surface area (Å²) in [6.45, 7) is 2.85. The maximum absolute atomic E-state index is 12.2. The molecular formula is C20H21N5O. The van der Waals surface area contributed by atoms with E-state index in [2.05, 4.69) is 19.9 Å². The first-order valence-corrected chi connectivity index (χ1v) is 8.91. The summed E-state index contributed by atoms with van der Waals surface area (Å²) < 4.78 is 0. The van der Waals surface area contributed by atoms with Crippen molar-refractivity contribution in [3.8, 4) is 11.3 Å². The molecular weight excluding hydrogens is 326 g/mol. The van der Waals surface area contributed by atoms with Crippen LogP contribution in [0, 0.1) is 0 Å². The molecule has 0 aromatic carbocycles. The molecule has 4 rings (SSSR count). The molecule has 1 atom stereocenters. The fourth-order valence-electron chi connectivity index (χ4n) is 3.50. The van der Waals surface area contributed by atoms with Crippen molar-refractivity contribution in [1.82, 2.24) is 24.8 Å². The molecule has 0 saturated carbocycles. The van der Waals surface area contributed by atoms with Crippen LogP contribution in [0.4, 0.5) is 0 Å². The van der Waals surface area contributed by atoms with E-state index in [-0.39, 0.29) is 11.5 Å². The van der Waals surface area contributed by atoms with Gasteiger partial charge in [0, 0.05) is 55.4 Å². The quantitative estimate of drug-likeness (QED) is 0.785. The molecule has 1 fully saturated rings. The van der Waals surface area contributed by atoms with Gasteiger partial charge in [0.25, 0.3) is 5.56 Å². The predicted octanol–water partition coefficient (Wildman–Crippen LogP) is 2.61. The minimum Gasteiger partial charge on any atom is -0.310 e. The molecule has 4 heterocycles. The number of nitrogens with zero attached hydrogens (tertiary/aromatic N) is 4. The van der Waals surface area contributed by atoms with Crippen LogP contribution < -0.4 is 5.56 Å². The average molecular weight is 347 g/mol. The van der Waals surface area contributed by atoms with Crippen molar-refractivity contribution >= 4 is 0 Å². The largest absolute Gasteiger partial charge is 0.310 e. The zero-order chi connectivity index (χ0) is 17.8. The second-order valence-corrected chi connectivity index (χ2v) is 6.69. The molecule has 3 aromatic rings. The van der Waals surface area contributed by atoms with E-state index in [1.165, 1.54) is 11.6 Å². The molecule has 1 N–H and O–H groups in total. The third-order valence-electron chi connectivity index (χ3n) is 4.77. The number of aromatic amines is 1. The molecule has 132 valence electrons. The number of hydrogen-bond donors (Lipinski definition) is 1. The van der Waals surface area contributed by atoms with Gasteiger partial charge in [-0.3, -0.25) is 19.7 Å². The number of pyridine rings is 2. The first-order chi connectivity index (χ1) is 12.8. The van der Waals surface area contributed by atoms with Crippen molar-refractivity contribution in [2.45, 2.75) is 25.3 Å². The number of aromatic nitrogens is 4. The Morgan fingerprint density at radius 2 is 2.04 bits per heavy atom. The van der Waals surface area contributed by atoms with Gasteiger partial charge in [0.05, 0.1) is 5.69 Å². The van der Waals surface area contributed by atoms with Crippen molar-refractivity contribution in [2.24, 2.45) is 0 Å². The first kappa shape index (κ1) is 16.6. The van der Waals surface area contributed by atoms with Crippen LogP contribution in [0.1, 0.15) is 30.1 Å². The molecule has 0 bridgehead atoms. The minimum absolute atomic E-state index is 0.111. The van der Waals surface area contributed by atoms with Gasteiger partial charge >= 0.3 is 0 Å². The van der Waals surface area contributed by atoms with E-state index in [0.29, 0.717) is 5.69 Å². The number of hydrogen-bond acceptors (Lipinski definition) is 5. The Labute approximate surface area is 152 Å². The van der Waals surface area contributed by atoms with E-state index in [4.69, 9.17) is 4.98 Å². The summed E-state index contributed by atoms with van der Waals surface area (Å²) in [6.07, 6.45) is 9.24. The van der Waals surface area contributed by atoms with Crippen molar-refractivity contribution < 1.29 is 0 Å². The van der Waals surface area contributed by atoms with E-state index in [0.717, 1.165) is 43.9 Å². The monoisotopic (exact) mass is 347 g/mol. The molecule has 0 spiro atoms. The lowest BCUT2D eigenvalue weighted by Gasteiger charge is -2.32. The molecule has 0 radical (unpaired) electrons. The summed E-state index contributed by atoms with van der Waals surface area (Å²) in [6, 6.07) is 9.42. The Hall–Kier alpha value is -2.86. The molecule has 1 aliphatic heterocycles. The Morgan fingerprint density at radius 3 is 2.85 bits per heavy atom. The molecule has 0 unspecified atom stereocenters. The van der Waals surface area contributed by atoms with Gasteiger partial charge in [-0.05, 0) is 49.2 Å². The van der Waals surface area contributed by atoms with Crippen molar-refractivity contribution in [1.29, 1.82) is 0 Å². The smallest absolute Gasteiger partial charge is 0.251 e. The topological polar surface area (TPSA) is 74.8 Å². The SMILES string of the molecule is O=c1cc(-c2cccnc2)nc([C@@H]2CCCN(Cc3ccncc3)C2)[nH]1. The summed E-state index contributed by atoms with van der Waals surface area (Å²) in [5, 5.41) is 0. The summed E-state index contributed by atoms with van der Waals surface area (Å²) in [5.41, 5.74) is 2.69. The van der Waals surface area contributed by atoms with Crippen LogP contribution >= 0.6 is 0 Å². The van der Waals surface area contributed by atoms with Crippen molar-refractivity contribution in [3.05, 3.63) is 76.9 Å². The highest BCUT2D eigenvalue weighted by molar-refractivity contribution is 5.56. The third-order valence-corrected chi connectivity index (χ3v) is 4.77. The summed E-state index contributed by atoms with van der Waals surface area (Å²) >= 11 is 0. The Balaban J connectivity index is 1.55. The Kier molecular flexibility index (Phi) is 4.84. The molecule has 0 amide bonds. The van der Waals surface area contributed by atoms with Gasteiger partial charge in [0.1, 0.15) is 5.82 Å². The molecule has 3 aromatic heterocycles. The number of rotatable bonds is 4. The second-order valence-electron chi connectivity index (χ2n) is 6.69. The number of piperidine rings is 1. The maximum Gasteiger partial charge on any atom is 0.251 e. The average Bonchev–Trinajstić information content (AvgIpc) is 2.69. The maximum atomic E-state index is 12.2. The van der Waals surface area contributed by atoms with Crippen LogP contribution in [0.5, 0.6) is 0 Å². The van der Waals surface area contributed by atoms with Crippen LogP contribution in [0.3, 0.4) is 0 Å². The van der Waals surface area contributed by atoms with Crippen LogP contribution in [-0.2, 0) is 6.54 Å². The van der Waals surface area contributed by atoms with E-state index in [1.807, 2.05) is 36.7 Å². The van der Waals surface area contributed by atoms with E-state index in [1.54, 1.807) is 12.4 Å². The first-order valence-electron chi connectivity index (χ1n) is 8.91. The summed E-state index contributed by atoms with van der Waals surface area (Å²) in [7, 11) is 0. The van der Waals surface area contributed by atoms with Crippen LogP contribution in [0.2, 0.25) is 0 Å². The fourth-order valence-corrected chi connectivity index (χ4v) is 3.50. The highest BCUT2D eigenvalue weighted by atomic mass is 16.1. The Morgan fingerprint density at radius 1 is 1.15 bits per heavy atom. The van der Waals surface area contributed by atoms with Gasteiger partial charge in [0.15, 0.2) is 0 Å². The lowest BCUT2D eigenvalue weighted by molar-refractivity contribution is 0.196. The molecule has 26 heavy (non-hydrogen) atoms. The van der Waals surface area contributed by atoms with Gasteiger partial charge in [-0.2, -0.15) is 0 Å². The van der Waals surface area contributed by atoms with E-state index >= 15 is 0 Å². The van der Waals surface area contributed by atoms with Crippen molar-refractivity contribution in [3.63, 3.8) is 0 Å². The predicted molar refractivity (Wildman–Crippen MR) is 99.6 cm³/mol. The fraction of sp³-hybridized carbons (Fsp3) is 0.300. The van der Waals surface area contributed by atoms with Crippen LogP contribution in [0.15, 0.2) is 59.9 Å². The number of likely N-dealkylation sites (tertiary alicyclic amines) is 1. The summed E-state index contributed by atoms with van der Waals surface area (Å²) in [5.74, 6) is 1.01. The van der Waals surface area contributed by atoms with Crippen LogP contribution in [-0.4, -0.2) is 37.9 Å². The highest BCUT2D eigenvalue weighted by Gasteiger charge is 2.23. The van der Waals surface area contributed by atoms with Gasteiger partial charge in [0.2, 0.25) is 0 Å². The number of nitrogens with one attached hydrogen (secondary N) is 1. The zero-order valence-corrected chi connectivity index (χ0v) is 14.5. The van der Waals surface area contributed by atoms with E-state index in [9.17, 15) is 4.79 Å². The normalized spacial score (nSPS) is 17.9. The second kappa shape index (κ2) is 7.58. The molecule has 1 aliphatic rings. The minimum atomic E-state index is -0.111. The van der Waals surface area contributed by atoms with Gasteiger partial charge < -0.3 is 4.98 Å². The van der Waals surface area contributed by atoms with Crippen LogP contribution in [0.25, 0.3) is 11.3 Å². The Bertz CT molecular complexity index is 910. The molecule has 0 aliphatic carbocycles.